The van der Waals surface area contributed by atoms with Crippen LogP contribution in [0.4, 0.5) is 34.1 Å². The third-order valence-electron chi connectivity index (χ3n) is 20.8. The van der Waals surface area contributed by atoms with E-state index in [-0.39, 0.29) is 39.2 Å². The Hall–Kier alpha value is -9.32. The van der Waals surface area contributed by atoms with Crippen LogP contribution in [0, 0.1) is 0 Å². The van der Waals surface area contributed by atoms with Gasteiger partial charge in [-0.1, -0.05) is 264 Å². The van der Waals surface area contributed by atoms with E-state index < -0.39 is 0 Å². The first kappa shape index (κ1) is 61.8. The molecule has 0 radical (unpaired) electrons. The normalized spacial score (nSPS) is 13.7. The van der Waals surface area contributed by atoms with Crippen LogP contribution in [0.5, 0.6) is 0 Å². The first-order valence-electron chi connectivity index (χ1n) is 34.5. The SMILES string of the molecule is CC(C)(C)c1cc(-c2ccc(N3c4cc(-n5c6ccccc6c6ccccc65)ccc4B4c5ccc6c(c5N(c5ccc(-c7cc(C(C)(C)C)cc(C(C)(C)C)c7)cc5)c5cccc3c54)c3ccccc3n6-c3cc(C(C)(C)C)cc(C(C)(C)C)c3)cc2)cc(C(C)(C)C)c1. The number of para-hydroxylation sites is 3. The summed E-state index contributed by atoms with van der Waals surface area (Å²) in [4.78, 5) is 5.22. The zero-order valence-corrected chi connectivity index (χ0v) is 59.2. The molecule has 2 aliphatic rings. The Morgan fingerprint density at radius 1 is 0.253 bits per heavy atom. The van der Waals surface area contributed by atoms with Crippen LogP contribution in [0.15, 0.2) is 224 Å². The highest BCUT2D eigenvalue weighted by atomic mass is 15.2. The van der Waals surface area contributed by atoms with E-state index in [9.17, 15) is 0 Å². The minimum Gasteiger partial charge on any atom is -0.311 e. The summed E-state index contributed by atoms with van der Waals surface area (Å²) in [5, 5.41) is 4.98. The molecule has 2 aromatic heterocycles. The predicted molar refractivity (Wildman–Crippen MR) is 412 cm³/mol. The lowest BCUT2D eigenvalue weighted by molar-refractivity contribution is 0.567. The molecule has 0 spiro atoms. The van der Waals surface area contributed by atoms with Crippen LogP contribution in [-0.4, -0.2) is 15.8 Å². The highest BCUT2D eigenvalue weighted by Gasteiger charge is 2.45. The van der Waals surface area contributed by atoms with Gasteiger partial charge in [0, 0.05) is 61.4 Å². The van der Waals surface area contributed by atoms with Crippen molar-refractivity contribution < 1.29 is 0 Å². The molecule has 0 bridgehead atoms. The lowest BCUT2D eigenvalue weighted by atomic mass is 9.33. The summed E-state index contributed by atoms with van der Waals surface area (Å²) < 4.78 is 5.05. The van der Waals surface area contributed by atoms with Crippen LogP contribution in [0.2, 0.25) is 0 Å². The van der Waals surface area contributed by atoms with E-state index >= 15 is 0 Å². The number of aromatic nitrogens is 2. The van der Waals surface area contributed by atoms with E-state index in [4.69, 9.17) is 0 Å². The number of hydrogen-bond donors (Lipinski definition) is 0. The van der Waals surface area contributed by atoms with Crippen LogP contribution in [0.3, 0.4) is 0 Å². The standard InChI is InChI=1S/C90H91BN4/c1-85(2,3)60-46-58(47-61(50-60)86(4,5)6)56-34-38-66(39-35-56)92-79-32-25-33-80-83(79)91(73-43-42-68(55-81(73)92)93-75-29-22-19-26-70(75)71-27-20-23-30-76(71)93)74-44-45-78-82(72-28-21-24-31-77(72)94(78)69-53-64(89(13,14)15)52-65(54-69)90(16,17)18)84(74)95(80)67-40-36-57(37-41-67)59-48-62(87(7,8)9)51-63(49-59)88(10,11)12/h19-55H,1-18H3. The van der Waals surface area contributed by atoms with Crippen molar-refractivity contribution in [2.24, 2.45) is 0 Å². The Labute approximate surface area is 565 Å². The van der Waals surface area contributed by atoms with E-state index in [0.717, 1.165) is 17.1 Å². The van der Waals surface area contributed by atoms with Crippen molar-refractivity contribution >= 4 is 101 Å². The molecule has 11 aromatic carbocycles. The smallest absolute Gasteiger partial charge is 0.252 e. The van der Waals surface area contributed by atoms with Gasteiger partial charge in [-0.3, -0.25) is 0 Å². The summed E-state index contributed by atoms with van der Waals surface area (Å²) in [6.45, 7) is 41.9. The van der Waals surface area contributed by atoms with Gasteiger partial charge in [0.25, 0.3) is 6.71 Å². The van der Waals surface area contributed by atoms with Crippen LogP contribution >= 0.6 is 0 Å². The van der Waals surface area contributed by atoms with Crippen molar-refractivity contribution in [2.75, 3.05) is 9.80 Å². The van der Waals surface area contributed by atoms with Gasteiger partial charge in [0.15, 0.2) is 0 Å². The third kappa shape index (κ3) is 10.4. The van der Waals surface area contributed by atoms with Gasteiger partial charge in [-0.2, -0.15) is 0 Å². The molecule has 0 N–H and O–H groups in total. The minimum absolute atomic E-state index is 0.00965. The first-order valence-corrected chi connectivity index (χ1v) is 34.5. The molecule has 0 saturated carbocycles. The lowest BCUT2D eigenvalue weighted by Crippen LogP contribution is -2.61. The molecule has 13 aromatic rings. The summed E-state index contributed by atoms with van der Waals surface area (Å²) in [5.74, 6) is 0. The minimum atomic E-state index is -0.125. The van der Waals surface area contributed by atoms with Crippen LogP contribution in [0.25, 0.3) is 77.2 Å². The Morgan fingerprint density at radius 2 is 0.621 bits per heavy atom. The molecule has 0 atom stereocenters. The molecule has 0 saturated heterocycles. The van der Waals surface area contributed by atoms with E-state index in [0.29, 0.717) is 0 Å². The Kier molecular flexibility index (Phi) is 14.1. The molecule has 5 heteroatoms. The molecular formula is C90H91BN4. The van der Waals surface area contributed by atoms with Crippen molar-refractivity contribution in [3.05, 3.63) is 258 Å². The highest BCUT2D eigenvalue weighted by molar-refractivity contribution is 7.00. The number of rotatable bonds is 6. The second kappa shape index (κ2) is 21.6. The summed E-state index contributed by atoms with van der Waals surface area (Å²) >= 11 is 0. The maximum absolute atomic E-state index is 2.64. The second-order valence-corrected chi connectivity index (χ2v) is 33.6. The Balaban J connectivity index is 1.01. The van der Waals surface area contributed by atoms with Crippen molar-refractivity contribution in [3.63, 3.8) is 0 Å². The van der Waals surface area contributed by atoms with Crippen molar-refractivity contribution in [1.29, 1.82) is 0 Å². The van der Waals surface area contributed by atoms with Gasteiger partial charge in [-0.25, -0.2) is 0 Å². The predicted octanol–water partition coefficient (Wildman–Crippen LogP) is 23.1. The maximum atomic E-state index is 2.64. The van der Waals surface area contributed by atoms with Gasteiger partial charge in [0.1, 0.15) is 0 Å². The van der Waals surface area contributed by atoms with Gasteiger partial charge in [-0.15, -0.1) is 0 Å². The van der Waals surface area contributed by atoms with E-state index in [2.05, 4.69) is 368 Å². The topological polar surface area (TPSA) is 16.3 Å². The van der Waals surface area contributed by atoms with Gasteiger partial charge in [0.05, 0.1) is 27.8 Å². The summed E-state index contributed by atoms with van der Waals surface area (Å²) in [5.41, 5.74) is 30.7. The average molecular weight is 1240 g/mol. The molecule has 0 aliphatic carbocycles. The van der Waals surface area contributed by atoms with E-state index in [1.54, 1.807) is 0 Å². The number of hydrogen-bond acceptors (Lipinski definition) is 2. The fourth-order valence-electron chi connectivity index (χ4n) is 15.2. The van der Waals surface area contributed by atoms with Crippen LogP contribution in [0.1, 0.15) is 158 Å². The number of anilines is 6. The molecule has 4 nitrogen and oxygen atoms in total. The number of benzene rings is 11. The van der Waals surface area contributed by atoms with E-state index in [1.165, 1.54) is 144 Å². The van der Waals surface area contributed by atoms with Gasteiger partial charge in [-0.05, 0) is 189 Å². The largest absolute Gasteiger partial charge is 0.311 e. The molecule has 4 heterocycles. The molecule has 95 heavy (non-hydrogen) atoms. The number of nitrogens with zero attached hydrogens (tertiary/aromatic N) is 4. The zero-order valence-electron chi connectivity index (χ0n) is 59.2. The zero-order chi connectivity index (χ0) is 66.8. The maximum Gasteiger partial charge on any atom is 0.252 e. The van der Waals surface area contributed by atoms with Crippen LogP contribution in [-0.2, 0) is 32.5 Å². The molecule has 0 amide bonds. The fourth-order valence-corrected chi connectivity index (χ4v) is 15.2. The average Bonchev–Trinajstić information content (AvgIpc) is 1.67. The third-order valence-corrected chi connectivity index (χ3v) is 20.8. The van der Waals surface area contributed by atoms with Crippen LogP contribution < -0.4 is 26.2 Å². The highest BCUT2D eigenvalue weighted by Crippen LogP contribution is 2.50. The van der Waals surface area contributed by atoms with E-state index in [1.807, 2.05) is 0 Å². The van der Waals surface area contributed by atoms with Crippen molar-refractivity contribution in [3.8, 4) is 33.6 Å². The Morgan fingerprint density at radius 3 is 1.07 bits per heavy atom. The quantitative estimate of drug-likeness (QED) is 0.154. The molecule has 2 aliphatic heterocycles. The monoisotopic (exact) mass is 1240 g/mol. The lowest BCUT2D eigenvalue weighted by Gasteiger charge is -2.44. The molecule has 15 rings (SSSR count). The summed E-state index contributed by atoms with van der Waals surface area (Å²) in [6, 6.07) is 87.3. The summed E-state index contributed by atoms with van der Waals surface area (Å²) in [7, 11) is 0. The molecule has 474 valence electrons. The van der Waals surface area contributed by atoms with Crippen molar-refractivity contribution in [2.45, 2.75) is 157 Å². The Bertz CT molecular complexity index is 5090. The molecular weight excluding hydrogens is 1150 g/mol. The first-order chi connectivity index (χ1) is 44.9. The number of fused-ring (bicyclic) bond motifs is 11. The second-order valence-electron chi connectivity index (χ2n) is 33.6. The van der Waals surface area contributed by atoms with Crippen molar-refractivity contribution in [1.82, 2.24) is 9.13 Å². The van der Waals surface area contributed by atoms with Gasteiger partial charge < -0.3 is 18.9 Å². The molecule has 0 unspecified atom stereocenters. The summed E-state index contributed by atoms with van der Waals surface area (Å²) in [6.07, 6.45) is 0. The van der Waals surface area contributed by atoms with Gasteiger partial charge >= 0.3 is 0 Å². The molecule has 0 fully saturated rings. The fraction of sp³-hybridized carbons (Fsp3) is 0.267. The van der Waals surface area contributed by atoms with Gasteiger partial charge in [0.2, 0.25) is 0 Å².